The fraction of sp³-hybridized carbons (Fsp3) is 0.0667. The highest BCUT2D eigenvalue weighted by Gasteiger charge is 2.34. The average Bonchev–Trinajstić information content (AvgIpc) is 2.53. The van der Waals surface area contributed by atoms with Gasteiger partial charge in [0.15, 0.2) is 6.29 Å². The molecule has 0 unspecified atom stereocenters. The zero-order chi connectivity index (χ0) is 16.6. The third kappa shape index (κ3) is 2.75. The molecule has 0 saturated carbocycles. The van der Waals surface area contributed by atoms with Crippen LogP contribution in [0.3, 0.4) is 0 Å². The van der Waals surface area contributed by atoms with Crippen molar-refractivity contribution in [3.8, 4) is 11.1 Å². The van der Waals surface area contributed by atoms with Gasteiger partial charge in [-0.25, -0.2) is 14.4 Å². The lowest BCUT2D eigenvalue weighted by Crippen LogP contribution is -2.10. The fourth-order valence-corrected chi connectivity index (χ4v) is 2.20. The van der Waals surface area contributed by atoms with Gasteiger partial charge in [-0.1, -0.05) is 0 Å². The number of benzene rings is 1. The summed E-state index contributed by atoms with van der Waals surface area (Å²) in [4.78, 5) is 21.7. The van der Waals surface area contributed by atoms with Crippen LogP contribution in [0.5, 0.6) is 0 Å². The molecule has 0 amide bonds. The molecule has 4 nitrogen and oxygen atoms in total. The van der Waals surface area contributed by atoms with E-state index >= 15 is 0 Å². The summed E-state index contributed by atoms with van der Waals surface area (Å²) in [5.41, 5.74) is 0.927. The Labute approximate surface area is 126 Å². The third-order valence-corrected chi connectivity index (χ3v) is 3.18. The molecule has 0 fully saturated rings. The Morgan fingerprint density at radius 3 is 2.30 bits per heavy atom. The maximum atomic E-state index is 13.3. The van der Waals surface area contributed by atoms with Crippen LogP contribution in [0.15, 0.2) is 36.8 Å². The highest BCUT2D eigenvalue weighted by atomic mass is 19.4. The van der Waals surface area contributed by atoms with Gasteiger partial charge >= 0.3 is 6.18 Å². The number of halogens is 4. The van der Waals surface area contributed by atoms with Crippen LogP contribution in [0.25, 0.3) is 22.0 Å². The summed E-state index contributed by atoms with van der Waals surface area (Å²) >= 11 is 0. The van der Waals surface area contributed by atoms with Crippen molar-refractivity contribution in [1.29, 1.82) is 0 Å². The Balaban J connectivity index is 2.24. The molecule has 3 aromatic rings. The summed E-state index contributed by atoms with van der Waals surface area (Å²) in [6.45, 7) is 0. The van der Waals surface area contributed by atoms with E-state index in [0.717, 1.165) is 12.4 Å². The lowest BCUT2D eigenvalue weighted by Gasteiger charge is -2.10. The molecule has 2 heterocycles. The molecule has 0 aliphatic rings. The molecule has 116 valence electrons. The summed E-state index contributed by atoms with van der Waals surface area (Å²) in [5, 5.41) is 0.416. The smallest absolute Gasteiger partial charge is 0.298 e. The van der Waals surface area contributed by atoms with Crippen molar-refractivity contribution in [3.63, 3.8) is 0 Å². The standard InChI is InChI=1S/C15H7F4N3O/c16-10-1-2-11-12(3-10)20-6-9(7-23)13(11)8-4-21-14(22-5-8)15(17,18)19/h1-7H. The minimum absolute atomic E-state index is 0.146. The van der Waals surface area contributed by atoms with Gasteiger partial charge in [0, 0.05) is 46.7 Å². The molecule has 1 aromatic carbocycles. The third-order valence-electron chi connectivity index (χ3n) is 3.18. The number of alkyl halides is 3. The van der Waals surface area contributed by atoms with E-state index in [-0.39, 0.29) is 16.6 Å². The summed E-state index contributed by atoms with van der Waals surface area (Å²) in [5.74, 6) is -1.79. The largest absolute Gasteiger partial charge is 0.451 e. The minimum Gasteiger partial charge on any atom is -0.298 e. The van der Waals surface area contributed by atoms with E-state index in [0.29, 0.717) is 17.2 Å². The number of nitrogens with zero attached hydrogens (tertiary/aromatic N) is 3. The Bertz CT molecular complexity index is 892. The van der Waals surface area contributed by atoms with Gasteiger partial charge in [-0.2, -0.15) is 13.2 Å². The molecule has 0 radical (unpaired) electrons. The van der Waals surface area contributed by atoms with Crippen molar-refractivity contribution in [3.05, 3.63) is 54.0 Å². The maximum absolute atomic E-state index is 13.3. The number of carbonyl (C=O) groups is 1. The van der Waals surface area contributed by atoms with Crippen molar-refractivity contribution in [2.45, 2.75) is 6.18 Å². The molecule has 23 heavy (non-hydrogen) atoms. The van der Waals surface area contributed by atoms with Crippen molar-refractivity contribution < 1.29 is 22.4 Å². The van der Waals surface area contributed by atoms with Crippen molar-refractivity contribution in [2.24, 2.45) is 0 Å². The quantitative estimate of drug-likeness (QED) is 0.534. The second-order valence-electron chi connectivity index (χ2n) is 4.66. The van der Waals surface area contributed by atoms with Crippen LogP contribution in [-0.4, -0.2) is 21.2 Å². The summed E-state index contributed by atoms with van der Waals surface area (Å²) in [6.07, 6.45) is -0.970. The monoisotopic (exact) mass is 321 g/mol. The zero-order valence-corrected chi connectivity index (χ0v) is 11.3. The predicted molar refractivity (Wildman–Crippen MR) is 73.1 cm³/mol. The van der Waals surface area contributed by atoms with Crippen LogP contribution in [0.4, 0.5) is 17.6 Å². The van der Waals surface area contributed by atoms with E-state index in [9.17, 15) is 22.4 Å². The first-order valence-corrected chi connectivity index (χ1v) is 6.33. The summed E-state index contributed by atoms with van der Waals surface area (Å²) in [7, 11) is 0. The number of hydrogen-bond acceptors (Lipinski definition) is 4. The normalized spacial score (nSPS) is 11.7. The lowest BCUT2D eigenvalue weighted by atomic mass is 9.99. The maximum Gasteiger partial charge on any atom is 0.451 e. The SMILES string of the molecule is O=Cc1cnc2cc(F)ccc2c1-c1cnc(C(F)(F)F)nc1. The van der Waals surface area contributed by atoms with Crippen LogP contribution in [-0.2, 0) is 6.18 Å². The molecular formula is C15H7F4N3O. The second-order valence-corrected chi connectivity index (χ2v) is 4.66. The van der Waals surface area contributed by atoms with Gasteiger partial charge in [-0.15, -0.1) is 0 Å². The number of hydrogen-bond donors (Lipinski definition) is 0. The number of aromatic nitrogens is 3. The molecule has 0 aliphatic carbocycles. The Morgan fingerprint density at radius 2 is 1.70 bits per heavy atom. The molecule has 8 heteroatoms. The van der Waals surface area contributed by atoms with E-state index in [1.807, 2.05) is 0 Å². The van der Waals surface area contributed by atoms with Crippen LogP contribution in [0, 0.1) is 5.82 Å². The number of fused-ring (bicyclic) bond motifs is 1. The summed E-state index contributed by atoms with van der Waals surface area (Å²) in [6, 6.07) is 3.74. The summed E-state index contributed by atoms with van der Waals surface area (Å²) < 4.78 is 50.9. The van der Waals surface area contributed by atoms with E-state index in [4.69, 9.17) is 0 Å². The van der Waals surface area contributed by atoms with Gasteiger partial charge in [-0.05, 0) is 12.1 Å². The van der Waals surface area contributed by atoms with Crippen LogP contribution >= 0.6 is 0 Å². The van der Waals surface area contributed by atoms with Crippen LogP contribution in [0.1, 0.15) is 16.2 Å². The lowest BCUT2D eigenvalue weighted by molar-refractivity contribution is -0.144. The van der Waals surface area contributed by atoms with E-state index in [1.165, 1.54) is 24.4 Å². The molecule has 2 aromatic heterocycles. The second kappa shape index (κ2) is 5.38. The van der Waals surface area contributed by atoms with Gasteiger partial charge in [-0.3, -0.25) is 9.78 Å². The topological polar surface area (TPSA) is 55.7 Å². The first-order valence-electron chi connectivity index (χ1n) is 6.33. The van der Waals surface area contributed by atoms with Gasteiger partial charge < -0.3 is 0 Å². The number of carbonyl (C=O) groups excluding carboxylic acids is 1. The molecule has 0 aliphatic heterocycles. The first-order chi connectivity index (χ1) is 10.9. The Morgan fingerprint density at radius 1 is 1.00 bits per heavy atom. The minimum atomic E-state index is -4.66. The highest BCUT2D eigenvalue weighted by Crippen LogP contribution is 2.31. The molecule has 0 N–H and O–H groups in total. The van der Waals surface area contributed by atoms with Crippen LogP contribution in [0.2, 0.25) is 0 Å². The van der Waals surface area contributed by atoms with Crippen molar-refractivity contribution in [1.82, 2.24) is 15.0 Å². The van der Waals surface area contributed by atoms with E-state index in [2.05, 4.69) is 15.0 Å². The van der Waals surface area contributed by atoms with Gasteiger partial charge in [0.25, 0.3) is 0 Å². The van der Waals surface area contributed by atoms with E-state index in [1.54, 1.807) is 0 Å². The van der Waals surface area contributed by atoms with Crippen molar-refractivity contribution >= 4 is 17.2 Å². The van der Waals surface area contributed by atoms with Gasteiger partial charge in [0.2, 0.25) is 5.82 Å². The van der Waals surface area contributed by atoms with Gasteiger partial charge in [0.1, 0.15) is 5.82 Å². The van der Waals surface area contributed by atoms with Gasteiger partial charge in [0.05, 0.1) is 5.52 Å². The first kappa shape index (κ1) is 15.0. The molecule has 0 bridgehead atoms. The molecule has 0 spiro atoms. The molecule has 0 saturated heterocycles. The number of rotatable bonds is 2. The van der Waals surface area contributed by atoms with Crippen molar-refractivity contribution in [2.75, 3.05) is 0 Å². The highest BCUT2D eigenvalue weighted by molar-refractivity contribution is 6.02. The number of pyridine rings is 1. The Hall–Kier alpha value is -2.90. The van der Waals surface area contributed by atoms with Crippen LogP contribution < -0.4 is 0 Å². The Kier molecular flexibility index (Phi) is 3.51. The molecule has 3 rings (SSSR count). The predicted octanol–water partition coefficient (Wildman–Crippen LogP) is 3.66. The average molecular weight is 321 g/mol. The zero-order valence-electron chi connectivity index (χ0n) is 11.3. The number of aldehydes is 1. The molecule has 0 atom stereocenters. The molecular weight excluding hydrogens is 314 g/mol. The van der Waals surface area contributed by atoms with E-state index < -0.39 is 17.8 Å². The fourth-order valence-electron chi connectivity index (χ4n) is 2.20.